The van der Waals surface area contributed by atoms with Crippen molar-refractivity contribution in [2.45, 2.75) is 22.4 Å². The van der Waals surface area contributed by atoms with Gasteiger partial charge in [-0.1, -0.05) is 78.9 Å². The van der Waals surface area contributed by atoms with Crippen molar-refractivity contribution in [3.63, 3.8) is 0 Å². The number of piperazine rings is 1. The molecule has 10 nitrogen and oxygen atoms in total. The van der Waals surface area contributed by atoms with Crippen molar-refractivity contribution in [1.82, 2.24) is 13.9 Å². The summed E-state index contributed by atoms with van der Waals surface area (Å²) in [6.45, 7) is -0.552. The van der Waals surface area contributed by atoms with Gasteiger partial charge in [0, 0.05) is 26.2 Å². The molecule has 0 spiro atoms. The van der Waals surface area contributed by atoms with Gasteiger partial charge in [0.25, 0.3) is 5.91 Å². The maximum Gasteiger partial charge on any atom is 0.253 e. The van der Waals surface area contributed by atoms with E-state index in [1.165, 1.54) is 30.3 Å². The van der Waals surface area contributed by atoms with Gasteiger partial charge in [-0.05, 0) is 42.0 Å². The number of sulfonamides is 2. The third-order valence-corrected chi connectivity index (χ3v) is 10.9. The van der Waals surface area contributed by atoms with Crippen LogP contribution in [0.25, 0.3) is 0 Å². The lowest BCUT2D eigenvalue weighted by atomic mass is 10.1. The van der Waals surface area contributed by atoms with Crippen molar-refractivity contribution in [2.75, 3.05) is 25.0 Å². The summed E-state index contributed by atoms with van der Waals surface area (Å²) < 4.78 is 56.4. The lowest BCUT2D eigenvalue weighted by Crippen LogP contribution is -2.60. The van der Waals surface area contributed by atoms with Crippen LogP contribution in [0.15, 0.2) is 125 Å². The van der Waals surface area contributed by atoms with E-state index in [4.69, 9.17) is 0 Å². The summed E-state index contributed by atoms with van der Waals surface area (Å²) in [6, 6.07) is 29.7. The summed E-state index contributed by atoms with van der Waals surface area (Å²) >= 11 is 0. The first kappa shape index (κ1) is 30.1. The Kier molecular flexibility index (Phi) is 9.02. The summed E-state index contributed by atoms with van der Waals surface area (Å²) in [7, 11) is -8.20. The first-order chi connectivity index (χ1) is 20.7. The fourth-order valence-corrected chi connectivity index (χ4v) is 7.86. The van der Waals surface area contributed by atoms with Gasteiger partial charge >= 0.3 is 0 Å². The molecule has 0 saturated carbocycles. The number of carbonyl (C=O) groups is 2. The largest absolute Gasteiger partial charge is 0.348 e. The molecular formula is C31H30N4O6S2. The average molecular weight is 619 g/mol. The van der Waals surface area contributed by atoms with Gasteiger partial charge in [0.15, 0.2) is 0 Å². The number of nitrogens with zero attached hydrogens (tertiary/aromatic N) is 2. The standard InChI is InChI=1S/C31H30N4O6S2/c36-30(32-22-24-12-4-1-5-13-24)27-18-10-11-19-28(27)33-31(37)29-23-34(42(38,39)25-14-6-2-7-15-25)20-21-35(29)43(40,41)26-16-8-3-9-17-26/h1-19,29H,20-23H2,(H,32,36)(H,33,37)/t29-/m1/s1. The first-order valence-corrected chi connectivity index (χ1v) is 16.4. The molecule has 0 bridgehead atoms. The number of nitrogens with one attached hydrogen (secondary N) is 2. The fourth-order valence-electron chi connectivity index (χ4n) is 4.81. The number of benzene rings is 4. The molecule has 0 radical (unpaired) electrons. The van der Waals surface area contributed by atoms with Gasteiger partial charge in [0.1, 0.15) is 6.04 Å². The minimum absolute atomic E-state index is 0.0205. The Hall–Kier alpha value is -4.36. The van der Waals surface area contributed by atoms with Crippen molar-refractivity contribution in [3.8, 4) is 0 Å². The van der Waals surface area contributed by atoms with E-state index in [2.05, 4.69) is 10.6 Å². The van der Waals surface area contributed by atoms with Crippen LogP contribution >= 0.6 is 0 Å². The highest BCUT2D eigenvalue weighted by Crippen LogP contribution is 2.27. The number of amides is 2. The summed E-state index contributed by atoms with van der Waals surface area (Å²) in [5, 5.41) is 5.52. The zero-order valence-corrected chi connectivity index (χ0v) is 24.7. The van der Waals surface area contributed by atoms with Crippen LogP contribution in [-0.4, -0.2) is 62.9 Å². The molecule has 12 heteroatoms. The van der Waals surface area contributed by atoms with E-state index in [1.54, 1.807) is 54.6 Å². The number of hydrogen-bond donors (Lipinski definition) is 2. The molecule has 222 valence electrons. The predicted octanol–water partition coefficient (Wildman–Crippen LogP) is 3.32. The minimum Gasteiger partial charge on any atom is -0.348 e. The molecule has 0 aromatic heterocycles. The number of rotatable bonds is 9. The van der Waals surface area contributed by atoms with Gasteiger partial charge in [-0.2, -0.15) is 8.61 Å². The van der Waals surface area contributed by atoms with Crippen molar-refractivity contribution >= 4 is 37.5 Å². The van der Waals surface area contributed by atoms with Crippen LogP contribution in [0.1, 0.15) is 15.9 Å². The highest BCUT2D eigenvalue weighted by atomic mass is 32.2. The molecule has 4 aromatic rings. The van der Waals surface area contributed by atoms with Crippen molar-refractivity contribution in [3.05, 3.63) is 126 Å². The highest BCUT2D eigenvalue weighted by Gasteiger charge is 2.43. The van der Waals surface area contributed by atoms with Crippen LogP contribution < -0.4 is 10.6 Å². The predicted molar refractivity (Wildman–Crippen MR) is 162 cm³/mol. The van der Waals surface area contributed by atoms with Crippen LogP contribution in [-0.2, 0) is 31.4 Å². The normalized spacial score (nSPS) is 16.3. The average Bonchev–Trinajstić information content (AvgIpc) is 3.05. The second-order valence-electron chi connectivity index (χ2n) is 9.82. The molecule has 0 unspecified atom stereocenters. The minimum atomic E-state index is -4.18. The zero-order chi connectivity index (χ0) is 30.5. The van der Waals surface area contributed by atoms with Gasteiger partial charge < -0.3 is 10.6 Å². The van der Waals surface area contributed by atoms with Crippen LogP contribution in [0.4, 0.5) is 5.69 Å². The molecule has 2 amide bonds. The second-order valence-corrected chi connectivity index (χ2v) is 13.7. The number of anilines is 1. The topological polar surface area (TPSA) is 133 Å². The third kappa shape index (κ3) is 6.67. The van der Waals surface area contributed by atoms with Crippen molar-refractivity contribution < 1.29 is 26.4 Å². The third-order valence-electron chi connectivity index (χ3n) is 7.05. The number of hydrogen-bond acceptors (Lipinski definition) is 6. The number of carbonyl (C=O) groups excluding carboxylic acids is 2. The monoisotopic (exact) mass is 618 g/mol. The maximum absolute atomic E-state index is 13.8. The summed E-state index contributed by atoms with van der Waals surface area (Å²) in [5.74, 6) is -1.21. The summed E-state index contributed by atoms with van der Waals surface area (Å²) in [4.78, 5) is 27.0. The molecule has 1 saturated heterocycles. The highest BCUT2D eigenvalue weighted by molar-refractivity contribution is 7.89. The van der Waals surface area contributed by atoms with Gasteiger partial charge in [-0.25, -0.2) is 16.8 Å². The Bertz CT molecular complexity index is 1800. The molecule has 1 fully saturated rings. The Morgan fingerprint density at radius 3 is 1.84 bits per heavy atom. The van der Waals surface area contributed by atoms with Crippen LogP contribution in [0.3, 0.4) is 0 Å². The maximum atomic E-state index is 13.8. The molecule has 0 aliphatic carbocycles. The Morgan fingerprint density at radius 2 is 1.21 bits per heavy atom. The van der Waals surface area contributed by atoms with Crippen molar-refractivity contribution in [2.24, 2.45) is 0 Å². The lowest BCUT2D eigenvalue weighted by Gasteiger charge is -2.39. The Morgan fingerprint density at radius 1 is 0.674 bits per heavy atom. The van der Waals surface area contributed by atoms with Gasteiger partial charge in [-0.15, -0.1) is 0 Å². The van der Waals surface area contributed by atoms with Gasteiger partial charge in [0.2, 0.25) is 26.0 Å². The van der Waals surface area contributed by atoms with E-state index < -0.39 is 44.4 Å². The van der Waals surface area contributed by atoms with E-state index in [-0.39, 0.29) is 40.7 Å². The van der Waals surface area contributed by atoms with E-state index in [1.807, 2.05) is 30.3 Å². The second kappa shape index (κ2) is 12.9. The van der Waals surface area contributed by atoms with Crippen LogP contribution in [0, 0.1) is 0 Å². The van der Waals surface area contributed by atoms with E-state index in [0.717, 1.165) is 14.2 Å². The number of para-hydroxylation sites is 1. The van der Waals surface area contributed by atoms with E-state index >= 15 is 0 Å². The van der Waals surface area contributed by atoms with E-state index in [9.17, 15) is 26.4 Å². The van der Waals surface area contributed by atoms with Crippen LogP contribution in [0.2, 0.25) is 0 Å². The Balaban J connectivity index is 1.43. The quantitative estimate of drug-likeness (QED) is 0.296. The SMILES string of the molecule is O=C(NCc1ccccc1)c1ccccc1NC(=O)[C@H]1CN(S(=O)(=O)c2ccccc2)CCN1S(=O)(=O)c1ccccc1. The van der Waals surface area contributed by atoms with Crippen LogP contribution in [0.5, 0.6) is 0 Å². The molecule has 43 heavy (non-hydrogen) atoms. The molecule has 5 rings (SSSR count). The van der Waals surface area contributed by atoms with Gasteiger partial charge in [-0.3, -0.25) is 9.59 Å². The molecule has 4 aromatic carbocycles. The molecule has 2 N–H and O–H groups in total. The Labute approximate surface area is 251 Å². The lowest BCUT2D eigenvalue weighted by molar-refractivity contribution is -0.120. The molecule has 1 aliphatic rings. The van der Waals surface area contributed by atoms with E-state index in [0.29, 0.717) is 0 Å². The molecule has 1 aliphatic heterocycles. The summed E-state index contributed by atoms with van der Waals surface area (Å²) in [5.41, 5.74) is 1.23. The zero-order valence-electron chi connectivity index (χ0n) is 23.0. The molecule has 1 heterocycles. The molecular weight excluding hydrogens is 588 g/mol. The van der Waals surface area contributed by atoms with Crippen molar-refractivity contribution in [1.29, 1.82) is 0 Å². The fraction of sp³-hybridized carbons (Fsp3) is 0.161. The first-order valence-electron chi connectivity index (χ1n) is 13.5. The summed E-state index contributed by atoms with van der Waals surface area (Å²) in [6.07, 6.45) is 0. The smallest absolute Gasteiger partial charge is 0.253 e. The van der Waals surface area contributed by atoms with Gasteiger partial charge in [0.05, 0.1) is 21.0 Å². The molecule has 1 atom stereocenters.